The van der Waals surface area contributed by atoms with Crippen molar-refractivity contribution in [2.45, 2.75) is 0 Å². The van der Waals surface area contributed by atoms with Gasteiger partial charge in [0.05, 0.1) is 15.9 Å². The molecule has 0 radical (unpaired) electrons. The lowest BCUT2D eigenvalue weighted by Gasteiger charge is -2.08. The molecule has 0 bridgehead atoms. The average molecular weight is 337 g/mol. The van der Waals surface area contributed by atoms with Crippen LogP contribution in [0.2, 0.25) is 5.02 Å². The molecule has 0 saturated heterocycles. The van der Waals surface area contributed by atoms with Gasteiger partial charge in [0.1, 0.15) is 5.69 Å². The number of rotatable bonds is 4. The van der Waals surface area contributed by atoms with E-state index in [-0.39, 0.29) is 5.69 Å². The lowest BCUT2D eigenvalue weighted by molar-refractivity contribution is -0.393. The molecule has 0 aliphatic carbocycles. The smallest absolute Gasteiger partial charge is 0.308 e. The number of amides is 2. The number of benzene rings is 2. The number of urea groups is 1. The molecule has 0 aromatic heterocycles. The van der Waals surface area contributed by atoms with Crippen LogP contribution in [0.1, 0.15) is 0 Å². The Bertz CT molecular complexity index is 778. The Morgan fingerprint density at radius 3 is 2.17 bits per heavy atom. The van der Waals surface area contributed by atoms with Crippen LogP contribution >= 0.6 is 11.6 Å². The number of hydrogen-bond donors (Lipinski definition) is 2. The van der Waals surface area contributed by atoms with Crippen LogP contribution in [0.5, 0.6) is 0 Å². The highest BCUT2D eigenvalue weighted by Crippen LogP contribution is 2.29. The molecule has 0 aliphatic rings. The fourth-order valence-electron chi connectivity index (χ4n) is 1.71. The minimum atomic E-state index is -0.815. The second-order valence-electron chi connectivity index (χ2n) is 4.30. The van der Waals surface area contributed by atoms with Gasteiger partial charge < -0.3 is 10.6 Å². The zero-order valence-electron chi connectivity index (χ0n) is 11.4. The Kier molecular flexibility index (Phi) is 4.72. The minimum Gasteiger partial charge on any atom is -0.308 e. The maximum absolute atomic E-state index is 11.8. The van der Waals surface area contributed by atoms with E-state index in [1.165, 1.54) is 0 Å². The van der Waals surface area contributed by atoms with Gasteiger partial charge in [-0.25, -0.2) is 4.79 Å². The number of halogens is 1. The summed E-state index contributed by atoms with van der Waals surface area (Å²) in [7, 11) is 0. The van der Waals surface area contributed by atoms with E-state index in [1.807, 2.05) is 0 Å². The summed E-state index contributed by atoms with van der Waals surface area (Å²) >= 11 is 5.72. The molecule has 0 aliphatic heterocycles. The van der Waals surface area contributed by atoms with Gasteiger partial charge in [0.15, 0.2) is 0 Å². The van der Waals surface area contributed by atoms with E-state index in [0.29, 0.717) is 10.7 Å². The highest BCUT2D eigenvalue weighted by Gasteiger charge is 2.20. The van der Waals surface area contributed by atoms with Gasteiger partial charge in [-0.1, -0.05) is 11.6 Å². The molecule has 2 rings (SSSR count). The molecular weight excluding hydrogens is 328 g/mol. The van der Waals surface area contributed by atoms with E-state index in [4.69, 9.17) is 11.6 Å². The lowest BCUT2D eigenvalue weighted by atomic mass is 10.2. The molecule has 0 spiro atoms. The van der Waals surface area contributed by atoms with E-state index in [9.17, 15) is 25.0 Å². The Morgan fingerprint density at radius 1 is 0.957 bits per heavy atom. The van der Waals surface area contributed by atoms with E-state index >= 15 is 0 Å². The molecule has 0 heterocycles. The number of nitro groups is 2. The van der Waals surface area contributed by atoms with Gasteiger partial charge in [-0.3, -0.25) is 20.2 Å². The number of carbonyl (C=O) groups is 1. The maximum Gasteiger partial charge on any atom is 0.323 e. The fraction of sp³-hybridized carbons (Fsp3) is 0. The fourth-order valence-corrected chi connectivity index (χ4v) is 1.83. The van der Waals surface area contributed by atoms with Gasteiger partial charge in [-0.15, -0.1) is 0 Å². The molecule has 2 amide bonds. The van der Waals surface area contributed by atoms with Gasteiger partial charge in [0, 0.05) is 16.8 Å². The predicted octanol–water partition coefficient (Wildman–Crippen LogP) is 3.80. The minimum absolute atomic E-state index is 0.160. The zero-order chi connectivity index (χ0) is 17.0. The largest absolute Gasteiger partial charge is 0.323 e. The second-order valence-corrected chi connectivity index (χ2v) is 4.74. The van der Waals surface area contributed by atoms with Crippen molar-refractivity contribution in [2.24, 2.45) is 0 Å². The van der Waals surface area contributed by atoms with Crippen LogP contribution in [0.15, 0.2) is 42.5 Å². The first-order valence-electron chi connectivity index (χ1n) is 6.13. The number of non-ortho nitro benzene ring substituents is 1. The molecule has 0 unspecified atom stereocenters. The molecule has 10 heteroatoms. The Labute approximate surface area is 134 Å². The number of carbonyl (C=O) groups excluding carboxylic acids is 1. The van der Waals surface area contributed by atoms with Crippen molar-refractivity contribution in [2.75, 3.05) is 10.6 Å². The van der Waals surface area contributed by atoms with Gasteiger partial charge in [0.2, 0.25) is 0 Å². The zero-order valence-corrected chi connectivity index (χ0v) is 12.1. The molecule has 0 saturated carbocycles. The first kappa shape index (κ1) is 16.2. The quantitative estimate of drug-likeness (QED) is 0.648. The van der Waals surface area contributed by atoms with Gasteiger partial charge >= 0.3 is 6.03 Å². The van der Waals surface area contributed by atoms with Crippen LogP contribution in [-0.2, 0) is 0 Å². The number of nitro benzene ring substituents is 2. The van der Waals surface area contributed by atoms with E-state index in [0.717, 1.165) is 18.2 Å². The van der Waals surface area contributed by atoms with Crippen LogP contribution in [0.4, 0.5) is 27.5 Å². The number of hydrogen-bond acceptors (Lipinski definition) is 5. The van der Waals surface area contributed by atoms with Crippen LogP contribution in [-0.4, -0.2) is 15.9 Å². The molecule has 2 N–H and O–H groups in total. The second kappa shape index (κ2) is 6.71. The molecule has 0 atom stereocenters. The summed E-state index contributed by atoms with van der Waals surface area (Å²) in [5.74, 6) is 0. The van der Waals surface area contributed by atoms with Crippen molar-refractivity contribution in [3.8, 4) is 0 Å². The third-order valence-electron chi connectivity index (χ3n) is 2.74. The monoisotopic (exact) mass is 336 g/mol. The van der Waals surface area contributed by atoms with Gasteiger partial charge in [-0.05, 0) is 30.3 Å². The number of nitrogens with zero attached hydrogens (tertiary/aromatic N) is 2. The summed E-state index contributed by atoms with van der Waals surface area (Å²) in [5.41, 5.74) is -0.755. The van der Waals surface area contributed by atoms with Crippen molar-refractivity contribution in [1.82, 2.24) is 0 Å². The average Bonchev–Trinajstić information content (AvgIpc) is 2.49. The Hall–Kier alpha value is -3.20. The van der Waals surface area contributed by atoms with Crippen LogP contribution in [0, 0.1) is 20.2 Å². The lowest BCUT2D eigenvalue weighted by Crippen LogP contribution is -2.20. The standard InChI is InChI=1S/C13H9ClN4O5/c14-8-1-3-9(4-2-8)15-13(19)16-11-6-5-10(17(20)21)7-12(11)18(22)23/h1-7H,(H2,15,16,19). The summed E-state index contributed by atoms with van der Waals surface area (Å²) in [6.07, 6.45) is 0. The highest BCUT2D eigenvalue weighted by atomic mass is 35.5. The van der Waals surface area contributed by atoms with Crippen molar-refractivity contribution in [1.29, 1.82) is 0 Å². The number of anilines is 2. The topological polar surface area (TPSA) is 127 Å². The van der Waals surface area contributed by atoms with Crippen molar-refractivity contribution in [3.63, 3.8) is 0 Å². The van der Waals surface area contributed by atoms with Crippen LogP contribution < -0.4 is 10.6 Å². The molecule has 9 nitrogen and oxygen atoms in total. The molecule has 0 fully saturated rings. The van der Waals surface area contributed by atoms with Gasteiger partial charge in [0.25, 0.3) is 11.4 Å². The van der Waals surface area contributed by atoms with Crippen LogP contribution in [0.3, 0.4) is 0 Å². The molecule has 118 valence electrons. The van der Waals surface area contributed by atoms with E-state index in [2.05, 4.69) is 10.6 Å². The molecular formula is C13H9ClN4O5. The maximum atomic E-state index is 11.8. The molecule has 2 aromatic carbocycles. The summed E-state index contributed by atoms with van der Waals surface area (Å²) in [5, 5.41) is 26.8. The summed E-state index contributed by atoms with van der Waals surface area (Å²) in [6, 6.07) is 8.42. The SMILES string of the molecule is O=C(Nc1ccc(Cl)cc1)Nc1ccc([N+](=O)[O-])cc1[N+](=O)[O-]. The van der Waals surface area contributed by atoms with Crippen molar-refractivity contribution < 1.29 is 14.6 Å². The third kappa shape index (κ3) is 4.14. The Balaban J connectivity index is 2.18. The molecule has 2 aromatic rings. The summed E-state index contributed by atoms with van der Waals surface area (Å²) in [4.78, 5) is 31.9. The normalized spacial score (nSPS) is 9.96. The highest BCUT2D eigenvalue weighted by molar-refractivity contribution is 6.30. The summed E-state index contributed by atoms with van der Waals surface area (Å²) in [6.45, 7) is 0. The van der Waals surface area contributed by atoms with E-state index in [1.54, 1.807) is 24.3 Å². The first-order chi connectivity index (χ1) is 10.9. The van der Waals surface area contributed by atoms with Crippen LogP contribution in [0.25, 0.3) is 0 Å². The third-order valence-corrected chi connectivity index (χ3v) is 2.99. The Morgan fingerprint density at radius 2 is 1.61 bits per heavy atom. The molecule has 23 heavy (non-hydrogen) atoms. The number of nitrogens with one attached hydrogen (secondary N) is 2. The van der Waals surface area contributed by atoms with Crippen molar-refractivity contribution in [3.05, 3.63) is 67.7 Å². The summed E-state index contributed by atoms with van der Waals surface area (Å²) < 4.78 is 0. The van der Waals surface area contributed by atoms with E-state index < -0.39 is 27.3 Å². The van der Waals surface area contributed by atoms with Gasteiger partial charge in [-0.2, -0.15) is 0 Å². The van der Waals surface area contributed by atoms with Crippen molar-refractivity contribution >= 4 is 40.4 Å². The first-order valence-corrected chi connectivity index (χ1v) is 6.51. The predicted molar refractivity (Wildman–Crippen MR) is 83.8 cm³/mol.